The van der Waals surface area contributed by atoms with Crippen LogP contribution in [0.3, 0.4) is 0 Å². The normalized spacial score (nSPS) is 10.9. The Labute approximate surface area is 154 Å². The minimum Gasteiger partial charge on any atom is -0.490 e. The molecule has 138 valence electrons. The highest BCUT2D eigenvalue weighted by molar-refractivity contribution is 5.84. The molecule has 26 heavy (non-hydrogen) atoms. The SMILES string of the molecule is Cc1ccc(C(C)C)c(OCCOc2ccccc2/C=N\NC(N)=O)c1. The minimum absolute atomic E-state index is 0.388. The van der Waals surface area contributed by atoms with Crippen LogP contribution in [0.2, 0.25) is 0 Å². The molecule has 2 rings (SSSR count). The largest absolute Gasteiger partial charge is 0.490 e. The molecule has 3 N–H and O–H groups in total. The zero-order valence-corrected chi connectivity index (χ0v) is 15.4. The van der Waals surface area contributed by atoms with E-state index in [1.165, 1.54) is 11.8 Å². The zero-order valence-electron chi connectivity index (χ0n) is 15.4. The average Bonchev–Trinajstić information content (AvgIpc) is 2.59. The van der Waals surface area contributed by atoms with Crippen molar-refractivity contribution in [3.63, 3.8) is 0 Å². The number of urea groups is 1. The number of ether oxygens (including phenoxy) is 2. The van der Waals surface area contributed by atoms with E-state index in [4.69, 9.17) is 15.2 Å². The maximum absolute atomic E-state index is 10.7. The van der Waals surface area contributed by atoms with Gasteiger partial charge in [0.2, 0.25) is 0 Å². The van der Waals surface area contributed by atoms with Crippen molar-refractivity contribution in [3.8, 4) is 11.5 Å². The summed E-state index contributed by atoms with van der Waals surface area (Å²) in [5, 5.41) is 3.76. The third-order valence-corrected chi connectivity index (χ3v) is 3.69. The van der Waals surface area contributed by atoms with E-state index in [-0.39, 0.29) is 0 Å². The standard InChI is InChI=1S/C20H25N3O3/c1-14(2)17-9-8-15(3)12-19(17)26-11-10-25-18-7-5-4-6-16(18)13-22-23-20(21)24/h4-9,12-14H,10-11H2,1-3H3,(H3,21,23,24)/b22-13-. The first kappa shape index (κ1) is 19.3. The number of primary amides is 1. The number of carbonyl (C=O) groups is 1. The fraction of sp³-hybridized carbons (Fsp3) is 0.300. The zero-order chi connectivity index (χ0) is 18.9. The summed E-state index contributed by atoms with van der Waals surface area (Å²) in [5.74, 6) is 1.93. The van der Waals surface area contributed by atoms with Crippen LogP contribution < -0.4 is 20.6 Å². The number of para-hydroxylation sites is 1. The minimum atomic E-state index is -0.716. The highest BCUT2D eigenvalue weighted by atomic mass is 16.5. The molecule has 0 saturated carbocycles. The lowest BCUT2D eigenvalue weighted by Gasteiger charge is -2.15. The number of benzene rings is 2. The number of amides is 2. The van der Waals surface area contributed by atoms with Gasteiger partial charge in [-0.25, -0.2) is 10.2 Å². The van der Waals surface area contributed by atoms with E-state index in [2.05, 4.69) is 36.5 Å². The van der Waals surface area contributed by atoms with Gasteiger partial charge in [0.1, 0.15) is 24.7 Å². The van der Waals surface area contributed by atoms with Gasteiger partial charge in [-0.15, -0.1) is 0 Å². The van der Waals surface area contributed by atoms with Crippen molar-refractivity contribution < 1.29 is 14.3 Å². The number of rotatable bonds is 8. The molecule has 2 amide bonds. The van der Waals surface area contributed by atoms with Crippen molar-refractivity contribution in [3.05, 3.63) is 59.2 Å². The predicted octanol–water partition coefficient (Wildman–Crippen LogP) is 3.58. The Balaban J connectivity index is 1.94. The average molecular weight is 355 g/mol. The van der Waals surface area contributed by atoms with E-state index in [1.54, 1.807) is 0 Å². The second-order valence-electron chi connectivity index (χ2n) is 6.16. The summed E-state index contributed by atoms with van der Waals surface area (Å²) in [6, 6.07) is 12.9. The molecule has 2 aromatic rings. The van der Waals surface area contributed by atoms with Crippen LogP contribution in [0, 0.1) is 6.92 Å². The van der Waals surface area contributed by atoms with E-state index in [0.29, 0.717) is 24.9 Å². The Morgan fingerprint density at radius 1 is 1.15 bits per heavy atom. The summed E-state index contributed by atoms with van der Waals surface area (Å²) < 4.78 is 11.7. The molecule has 0 atom stereocenters. The third kappa shape index (κ3) is 5.81. The molecule has 0 unspecified atom stereocenters. The molecule has 0 radical (unpaired) electrons. The lowest BCUT2D eigenvalue weighted by molar-refractivity contribution is 0.215. The van der Waals surface area contributed by atoms with E-state index in [1.807, 2.05) is 37.3 Å². The van der Waals surface area contributed by atoms with Crippen molar-refractivity contribution in [2.75, 3.05) is 13.2 Å². The Morgan fingerprint density at radius 3 is 2.54 bits per heavy atom. The monoisotopic (exact) mass is 355 g/mol. The fourth-order valence-corrected chi connectivity index (χ4v) is 2.43. The van der Waals surface area contributed by atoms with Gasteiger partial charge in [0.15, 0.2) is 0 Å². The van der Waals surface area contributed by atoms with Crippen LogP contribution in [0.4, 0.5) is 4.79 Å². The number of hydrogen-bond donors (Lipinski definition) is 2. The summed E-state index contributed by atoms with van der Waals surface area (Å²) in [5.41, 5.74) is 10.2. The molecule has 0 saturated heterocycles. The van der Waals surface area contributed by atoms with Gasteiger partial charge in [-0.05, 0) is 42.2 Å². The highest BCUT2D eigenvalue weighted by Crippen LogP contribution is 2.27. The van der Waals surface area contributed by atoms with Gasteiger partial charge >= 0.3 is 6.03 Å². The topological polar surface area (TPSA) is 85.9 Å². The van der Waals surface area contributed by atoms with E-state index >= 15 is 0 Å². The highest BCUT2D eigenvalue weighted by Gasteiger charge is 2.08. The summed E-state index contributed by atoms with van der Waals surface area (Å²) >= 11 is 0. The van der Waals surface area contributed by atoms with Gasteiger partial charge in [0.05, 0.1) is 6.21 Å². The predicted molar refractivity (Wildman–Crippen MR) is 103 cm³/mol. The summed E-state index contributed by atoms with van der Waals surface area (Å²) in [4.78, 5) is 10.7. The second-order valence-corrected chi connectivity index (χ2v) is 6.16. The van der Waals surface area contributed by atoms with Crippen molar-refractivity contribution in [2.24, 2.45) is 10.8 Å². The molecule has 0 aliphatic heterocycles. The van der Waals surface area contributed by atoms with Crippen LogP contribution in [0.1, 0.15) is 36.5 Å². The molecule has 2 aromatic carbocycles. The Hall–Kier alpha value is -3.02. The van der Waals surface area contributed by atoms with Crippen LogP contribution >= 0.6 is 0 Å². The molecular formula is C20H25N3O3. The molecule has 6 nitrogen and oxygen atoms in total. The first-order valence-electron chi connectivity index (χ1n) is 8.51. The number of hydrogen-bond acceptors (Lipinski definition) is 4. The molecular weight excluding hydrogens is 330 g/mol. The first-order valence-corrected chi connectivity index (χ1v) is 8.51. The summed E-state index contributed by atoms with van der Waals surface area (Å²) in [6.07, 6.45) is 1.48. The molecule has 0 heterocycles. The number of nitrogens with two attached hydrogens (primary N) is 1. The third-order valence-electron chi connectivity index (χ3n) is 3.69. The molecule has 0 aromatic heterocycles. The lowest BCUT2D eigenvalue weighted by Crippen LogP contribution is -2.24. The molecule has 0 fully saturated rings. The van der Waals surface area contributed by atoms with Crippen molar-refractivity contribution >= 4 is 12.2 Å². The number of nitrogens with zero attached hydrogens (tertiary/aromatic N) is 1. The molecule has 0 spiro atoms. The van der Waals surface area contributed by atoms with Crippen molar-refractivity contribution in [1.29, 1.82) is 0 Å². The Bertz CT molecular complexity index is 773. The van der Waals surface area contributed by atoms with Gasteiger partial charge in [-0.1, -0.05) is 38.1 Å². The maximum Gasteiger partial charge on any atom is 0.332 e. The first-order chi connectivity index (χ1) is 12.5. The van der Waals surface area contributed by atoms with Crippen LogP contribution in [0.25, 0.3) is 0 Å². The molecule has 6 heteroatoms. The van der Waals surface area contributed by atoms with Crippen LogP contribution in [0.5, 0.6) is 11.5 Å². The smallest absolute Gasteiger partial charge is 0.332 e. The summed E-state index contributed by atoms with van der Waals surface area (Å²) in [6.45, 7) is 7.14. The van der Waals surface area contributed by atoms with Crippen molar-refractivity contribution in [1.82, 2.24) is 5.43 Å². The molecule has 0 bridgehead atoms. The van der Waals surface area contributed by atoms with Crippen molar-refractivity contribution in [2.45, 2.75) is 26.7 Å². The number of carbonyl (C=O) groups excluding carboxylic acids is 1. The van der Waals surface area contributed by atoms with Gasteiger partial charge in [0, 0.05) is 5.56 Å². The maximum atomic E-state index is 10.7. The second kappa shape index (κ2) is 9.46. The quantitative estimate of drug-likeness (QED) is 0.431. The van der Waals surface area contributed by atoms with E-state index in [0.717, 1.165) is 16.9 Å². The van der Waals surface area contributed by atoms with Crippen LogP contribution in [0.15, 0.2) is 47.6 Å². The number of hydrazone groups is 1. The van der Waals surface area contributed by atoms with E-state index < -0.39 is 6.03 Å². The molecule has 0 aliphatic rings. The van der Waals surface area contributed by atoms with Gasteiger partial charge in [-0.3, -0.25) is 0 Å². The number of aryl methyl sites for hydroxylation is 1. The van der Waals surface area contributed by atoms with Gasteiger partial charge in [0.25, 0.3) is 0 Å². The van der Waals surface area contributed by atoms with Crippen LogP contribution in [-0.2, 0) is 0 Å². The number of nitrogens with one attached hydrogen (secondary N) is 1. The Morgan fingerprint density at radius 2 is 1.85 bits per heavy atom. The summed E-state index contributed by atoms with van der Waals surface area (Å²) in [7, 11) is 0. The van der Waals surface area contributed by atoms with Gasteiger partial charge < -0.3 is 15.2 Å². The van der Waals surface area contributed by atoms with Crippen LogP contribution in [-0.4, -0.2) is 25.5 Å². The molecule has 0 aliphatic carbocycles. The van der Waals surface area contributed by atoms with Gasteiger partial charge in [-0.2, -0.15) is 5.10 Å². The fourth-order valence-electron chi connectivity index (χ4n) is 2.43. The lowest BCUT2D eigenvalue weighted by atomic mass is 10.0. The Kier molecular flexibility index (Phi) is 7.02. The van der Waals surface area contributed by atoms with E-state index in [9.17, 15) is 4.79 Å².